The smallest absolute Gasteiger partial charge is 0.196 e. The Balaban J connectivity index is 1.60. The van der Waals surface area contributed by atoms with Crippen LogP contribution in [0.5, 0.6) is 0 Å². The molecule has 1 atom stereocenters. The molecule has 0 N–H and O–H groups in total. The zero-order chi connectivity index (χ0) is 21.1. The number of aromatic nitrogens is 4. The lowest BCUT2D eigenvalue weighted by Crippen LogP contribution is -2.20. The molecular formula is C22H22ClN5S2. The number of rotatable bonds is 7. The Labute approximate surface area is 189 Å². The maximum absolute atomic E-state index is 6.10. The first-order chi connectivity index (χ1) is 14.5. The molecule has 4 rings (SSSR count). The highest BCUT2D eigenvalue weighted by molar-refractivity contribution is 7.98. The summed E-state index contributed by atoms with van der Waals surface area (Å²) in [7, 11) is 4.08. The van der Waals surface area contributed by atoms with Crippen LogP contribution in [-0.2, 0) is 5.75 Å². The number of halogens is 1. The van der Waals surface area contributed by atoms with Gasteiger partial charge in [0.05, 0.1) is 11.7 Å². The predicted octanol–water partition coefficient (Wildman–Crippen LogP) is 5.96. The highest BCUT2D eigenvalue weighted by Gasteiger charge is 2.21. The minimum Gasteiger partial charge on any atom is -0.300 e. The van der Waals surface area contributed by atoms with Crippen molar-refractivity contribution < 1.29 is 0 Å². The van der Waals surface area contributed by atoms with Gasteiger partial charge in [-0.1, -0.05) is 53.7 Å². The van der Waals surface area contributed by atoms with Crippen molar-refractivity contribution in [3.8, 4) is 16.3 Å². The molecule has 5 nitrogen and oxygen atoms in total. The zero-order valence-electron chi connectivity index (χ0n) is 17.0. The summed E-state index contributed by atoms with van der Waals surface area (Å²) < 4.78 is 2.11. The van der Waals surface area contributed by atoms with Crippen LogP contribution >= 0.6 is 34.7 Å². The second-order valence-corrected chi connectivity index (χ2v) is 9.33. The molecule has 2 heterocycles. The van der Waals surface area contributed by atoms with Crippen LogP contribution < -0.4 is 0 Å². The Bertz CT molecular complexity index is 1110. The molecule has 0 fully saturated rings. The van der Waals surface area contributed by atoms with Crippen LogP contribution in [0.4, 0.5) is 0 Å². The molecule has 2 aromatic heterocycles. The molecule has 0 radical (unpaired) electrons. The minimum atomic E-state index is 0.117. The van der Waals surface area contributed by atoms with E-state index in [2.05, 4.69) is 44.1 Å². The van der Waals surface area contributed by atoms with E-state index in [-0.39, 0.29) is 6.04 Å². The molecule has 154 valence electrons. The van der Waals surface area contributed by atoms with Crippen LogP contribution in [0.3, 0.4) is 0 Å². The van der Waals surface area contributed by atoms with E-state index in [9.17, 15) is 0 Å². The van der Waals surface area contributed by atoms with Crippen molar-refractivity contribution in [2.75, 3.05) is 14.1 Å². The molecule has 0 aliphatic rings. The van der Waals surface area contributed by atoms with E-state index in [0.717, 1.165) is 38.7 Å². The normalized spacial score (nSPS) is 12.4. The third-order valence-corrected chi connectivity index (χ3v) is 6.97. The highest BCUT2D eigenvalue weighted by atomic mass is 35.5. The fraction of sp³-hybridized carbons (Fsp3) is 0.227. The standard InChI is InChI=1S/C22H22ClN5S2/c1-15(27(2)3)20-25-26-22(28(20)19-11-9-17(23)10-12-19)30-14-18-13-29-21(24-18)16-7-5-4-6-8-16/h4-13,15H,14H2,1-3H3. The van der Waals surface area contributed by atoms with Crippen LogP contribution in [0, 0.1) is 0 Å². The predicted molar refractivity (Wildman–Crippen MR) is 126 cm³/mol. The Morgan fingerprint density at radius 2 is 1.80 bits per heavy atom. The van der Waals surface area contributed by atoms with Crippen LogP contribution in [0.2, 0.25) is 5.02 Å². The third kappa shape index (κ3) is 4.59. The van der Waals surface area contributed by atoms with Crippen molar-refractivity contribution in [2.45, 2.75) is 23.9 Å². The molecule has 4 aromatic rings. The van der Waals surface area contributed by atoms with Crippen molar-refractivity contribution in [3.63, 3.8) is 0 Å². The lowest BCUT2D eigenvalue weighted by atomic mass is 10.2. The van der Waals surface area contributed by atoms with E-state index < -0.39 is 0 Å². The summed E-state index contributed by atoms with van der Waals surface area (Å²) in [4.78, 5) is 6.92. The van der Waals surface area contributed by atoms with Gasteiger partial charge in [0.15, 0.2) is 11.0 Å². The second kappa shape index (κ2) is 9.31. The van der Waals surface area contributed by atoms with Crippen LogP contribution in [-0.4, -0.2) is 38.7 Å². The van der Waals surface area contributed by atoms with E-state index in [1.807, 2.05) is 56.6 Å². The Hall–Kier alpha value is -2.19. The maximum Gasteiger partial charge on any atom is 0.196 e. The number of thiazole rings is 1. The monoisotopic (exact) mass is 455 g/mol. The second-order valence-electron chi connectivity index (χ2n) is 7.09. The summed E-state index contributed by atoms with van der Waals surface area (Å²) in [6.45, 7) is 2.12. The first kappa shape index (κ1) is 21.1. The van der Waals surface area contributed by atoms with Crippen LogP contribution in [0.1, 0.15) is 24.5 Å². The number of hydrogen-bond acceptors (Lipinski definition) is 6. The van der Waals surface area contributed by atoms with Gasteiger partial charge in [0.25, 0.3) is 0 Å². The molecular weight excluding hydrogens is 434 g/mol. The van der Waals surface area contributed by atoms with Gasteiger partial charge >= 0.3 is 0 Å². The maximum atomic E-state index is 6.10. The third-order valence-electron chi connectivity index (χ3n) is 4.81. The Kier molecular flexibility index (Phi) is 6.53. The molecule has 0 spiro atoms. The van der Waals surface area contributed by atoms with Gasteiger partial charge in [-0.05, 0) is 45.3 Å². The van der Waals surface area contributed by atoms with Crippen molar-refractivity contribution in [1.82, 2.24) is 24.6 Å². The molecule has 1 unspecified atom stereocenters. The molecule has 0 bridgehead atoms. The minimum absolute atomic E-state index is 0.117. The van der Waals surface area contributed by atoms with E-state index in [1.54, 1.807) is 23.1 Å². The van der Waals surface area contributed by atoms with Crippen molar-refractivity contribution in [3.05, 3.63) is 76.5 Å². The number of thioether (sulfide) groups is 1. The molecule has 0 aliphatic carbocycles. The summed E-state index contributed by atoms with van der Waals surface area (Å²) in [6.07, 6.45) is 0. The summed E-state index contributed by atoms with van der Waals surface area (Å²) in [5.74, 6) is 1.62. The number of benzene rings is 2. The van der Waals surface area contributed by atoms with Crippen molar-refractivity contribution in [2.24, 2.45) is 0 Å². The Morgan fingerprint density at radius 1 is 1.07 bits per heavy atom. The molecule has 0 saturated carbocycles. The van der Waals surface area contributed by atoms with Gasteiger partial charge in [-0.25, -0.2) is 4.98 Å². The molecule has 0 amide bonds. The average molecular weight is 456 g/mol. The molecule has 8 heteroatoms. The average Bonchev–Trinajstić information content (AvgIpc) is 3.40. The topological polar surface area (TPSA) is 46.8 Å². The fourth-order valence-electron chi connectivity index (χ4n) is 2.93. The lowest BCUT2D eigenvalue weighted by Gasteiger charge is -2.20. The molecule has 2 aromatic carbocycles. The number of nitrogens with zero attached hydrogens (tertiary/aromatic N) is 5. The van der Waals surface area contributed by atoms with Gasteiger partial charge in [0, 0.05) is 27.4 Å². The van der Waals surface area contributed by atoms with E-state index in [1.165, 1.54) is 0 Å². The number of hydrogen-bond donors (Lipinski definition) is 0. The van der Waals surface area contributed by atoms with E-state index in [0.29, 0.717) is 5.02 Å². The lowest BCUT2D eigenvalue weighted by molar-refractivity contribution is 0.305. The van der Waals surface area contributed by atoms with E-state index in [4.69, 9.17) is 16.6 Å². The van der Waals surface area contributed by atoms with Crippen LogP contribution in [0.25, 0.3) is 16.3 Å². The molecule has 30 heavy (non-hydrogen) atoms. The molecule has 0 saturated heterocycles. The largest absolute Gasteiger partial charge is 0.300 e. The fourth-order valence-corrected chi connectivity index (χ4v) is 4.84. The van der Waals surface area contributed by atoms with Crippen molar-refractivity contribution >= 4 is 34.7 Å². The SMILES string of the molecule is CC(c1nnc(SCc2csc(-c3ccccc3)n2)n1-c1ccc(Cl)cc1)N(C)C. The quantitative estimate of drug-likeness (QED) is 0.322. The molecule has 0 aliphatic heterocycles. The van der Waals surface area contributed by atoms with Gasteiger partial charge in [-0.2, -0.15) is 0 Å². The van der Waals surface area contributed by atoms with E-state index >= 15 is 0 Å². The van der Waals surface area contributed by atoms with Crippen LogP contribution in [0.15, 0.2) is 65.1 Å². The van der Waals surface area contributed by atoms with Gasteiger partial charge in [-0.3, -0.25) is 9.47 Å². The Morgan fingerprint density at radius 3 is 2.50 bits per heavy atom. The zero-order valence-corrected chi connectivity index (χ0v) is 19.4. The summed E-state index contributed by atoms with van der Waals surface area (Å²) in [5, 5.41) is 13.7. The van der Waals surface area contributed by atoms with Gasteiger partial charge in [0.2, 0.25) is 0 Å². The van der Waals surface area contributed by atoms with Gasteiger partial charge in [-0.15, -0.1) is 21.5 Å². The highest BCUT2D eigenvalue weighted by Crippen LogP contribution is 2.31. The summed E-state index contributed by atoms with van der Waals surface area (Å²) in [6, 6.07) is 18.2. The first-order valence-electron chi connectivity index (χ1n) is 9.53. The van der Waals surface area contributed by atoms with Gasteiger partial charge in [0.1, 0.15) is 5.01 Å². The summed E-state index contributed by atoms with van der Waals surface area (Å²) >= 11 is 9.40. The summed E-state index contributed by atoms with van der Waals surface area (Å²) in [5.41, 5.74) is 3.18. The van der Waals surface area contributed by atoms with Gasteiger partial charge < -0.3 is 0 Å². The van der Waals surface area contributed by atoms with Crippen molar-refractivity contribution in [1.29, 1.82) is 0 Å². The first-order valence-corrected chi connectivity index (χ1v) is 11.8.